The number of fused-ring (bicyclic) bond motifs is 1. The molecule has 0 saturated carbocycles. The topological polar surface area (TPSA) is 107 Å². The van der Waals surface area contributed by atoms with Gasteiger partial charge >= 0.3 is 0 Å². The highest BCUT2D eigenvalue weighted by Crippen LogP contribution is 2.25. The second-order valence-corrected chi connectivity index (χ2v) is 8.09. The minimum absolute atomic E-state index is 0.00428. The molecule has 2 aromatic carbocycles. The van der Waals surface area contributed by atoms with Crippen LogP contribution in [0.1, 0.15) is 38.9 Å². The first-order chi connectivity index (χ1) is 17.1. The summed E-state index contributed by atoms with van der Waals surface area (Å²) in [7, 11) is 0. The van der Waals surface area contributed by atoms with Crippen LogP contribution in [-0.4, -0.2) is 65.9 Å². The Labute approximate surface area is 202 Å². The van der Waals surface area contributed by atoms with Crippen molar-refractivity contribution in [2.75, 3.05) is 33.0 Å². The van der Waals surface area contributed by atoms with E-state index >= 15 is 0 Å². The minimum atomic E-state index is -0.575. The summed E-state index contributed by atoms with van der Waals surface area (Å²) in [6, 6.07) is 13.1. The fraction of sp³-hybridized carbons (Fsp3) is 0.360. The van der Waals surface area contributed by atoms with Gasteiger partial charge in [0.15, 0.2) is 5.69 Å². The summed E-state index contributed by atoms with van der Waals surface area (Å²) in [5.74, 6) is -0.190. The van der Waals surface area contributed by atoms with E-state index < -0.39 is 6.67 Å². The summed E-state index contributed by atoms with van der Waals surface area (Å²) in [5, 5.41) is 13.9. The molecule has 4 rings (SSSR count). The molecule has 1 aliphatic carbocycles. The van der Waals surface area contributed by atoms with Crippen molar-refractivity contribution in [3.05, 3.63) is 71.0 Å². The predicted octanol–water partition coefficient (Wildman–Crippen LogP) is 2.28. The van der Waals surface area contributed by atoms with Crippen molar-refractivity contribution < 1.29 is 23.5 Å². The van der Waals surface area contributed by atoms with Crippen LogP contribution in [0.25, 0.3) is 5.69 Å². The molecular formula is C25H28FN5O4. The van der Waals surface area contributed by atoms with E-state index in [1.165, 1.54) is 22.0 Å². The van der Waals surface area contributed by atoms with E-state index in [1.807, 2.05) is 19.1 Å². The number of nitrogens with zero attached hydrogens (tertiary/aromatic N) is 3. The van der Waals surface area contributed by atoms with E-state index in [0.29, 0.717) is 23.5 Å². The SMILES string of the molecule is CCNC(=O)c1ccc(-n2cc(C(=O)NC3Cc4ccccc4C3)nn2)c(OCCOCCF)c1. The molecule has 0 aliphatic heterocycles. The maximum atomic E-state index is 12.8. The van der Waals surface area contributed by atoms with Crippen LogP contribution in [0.5, 0.6) is 5.75 Å². The molecule has 0 saturated heterocycles. The summed E-state index contributed by atoms with van der Waals surface area (Å²) < 4.78 is 24.6. The number of rotatable bonds is 11. The van der Waals surface area contributed by atoms with Gasteiger partial charge in [-0.2, -0.15) is 0 Å². The van der Waals surface area contributed by atoms with Gasteiger partial charge in [-0.15, -0.1) is 5.10 Å². The third-order valence-corrected chi connectivity index (χ3v) is 5.63. The van der Waals surface area contributed by atoms with Crippen molar-refractivity contribution in [1.82, 2.24) is 25.6 Å². The molecule has 0 bridgehead atoms. The summed E-state index contributed by atoms with van der Waals surface area (Å²) in [6.45, 7) is 2.07. The van der Waals surface area contributed by atoms with Gasteiger partial charge in [0.05, 0.1) is 19.4 Å². The molecule has 1 aromatic heterocycles. The van der Waals surface area contributed by atoms with Gasteiger partial charge in [0.1, 0.15) is 24.7 Å². The monoisotopic (exact) mass is 481 g/mol. The Balaban J connectivity index is 1.48. The number of nitrogens with one attached hydrogen (secondary N) is 2. The molecule has 2 N–H and O–H groups in total. The first-order valence-corrected chi connectivity index (χ1v) is 11.6. The molecule has 3 aromatic rings. The van der Waals surface area contributed by atoms with Crippen molar-refractivity contribution in [3.63, 3.8) is 0 Å². The average Bonchev–Trinajstić information content (AvgIpc) is 3.51. The van der Waals surface area contributed by atoms with E-state index in [-0.39, 0.29) is 43.4 Å². The van der Waals surface area contributed by atoms with Crippen LogP contribution in [0.3, 0.4) is 0 Å². The van der Waals surface area contributed by atoms with Gasteiger partial charge in [-0.1, -0.05) is 29.5 Å². The Kier molecular flexibility index (Phi) is 8.04. The van der Waals surface area contributed by atoms with Gasteiger partial charge in [-0.05, 0) is 49.1 Å². The minimum Gasteiger partial charge on any atom is -0.489 e. The fourth-order valence-corrected chi connectivity index (χ4v) is 4.00. The van der Waals surface area contributed by atoms with E-state index in [2.05, 4.69) is 33.1 Å². The number of benzene rings is 2. The Morgan fingerprint density at radius 2 is 1.86 bits per heavy atom. The number of alkyl halides is 1. The number of halogens is 1. The number of ether oxygens (including phenoxy) is 2. The van der Waals surface area contributed by atoms with Crippen LogP contribution in [0.2, 0.25) is 0 Å². The summed E-state index contributed by atoms with van der Waals surface area (Å²) in [6.07, 6.45) is 3.07. The highest BCUT2D eigenvalue weighted by molar-refractivity contribution is 5.95. The fourth-order valence-electron chi connectivity index (χ4n) is 4.00. The molecule has 0 radical (unpaired) electrons. The van der Waals surface area contributed by atoms with E-state index in [9.17, 15) is 14.0 Å². The molecule has 2 amide bonds. The lowest BCUT2D eigenvalue weighted by Crippen LogP contribution is -2.35. The molecule has 0 atom stereocenters. The van der Waals surface area contributed by atoms with Crippen molar-refractivity contribution in [3.8, 4) is 11.4 Å². The first kappa shape index (κ1) is 24.3. The number of hydrogen-bond acceptors (Lipinski definition) is 6. The Bertz CT molecular complexity index is 1160. The normalized spacial score (nSPS) is 12.9. The van der Waals surface area contributed by atoms with Crippen molar-refractivity contribution in [2.24, 2.45) is 0 Å². The van der Waals surface area contributed by atoms with Crippen LogP contribution in [0, 0.1) is 0 Å². The number of amides is 2. The standard InChI is InChI=1S/C25H28FN5O4/c1-2-27-24(32)19-7-8-22(23(15-19)35-12-11-34-10-9-26)31-16-21(29-30-31)25(33)28-20-13-17-5-3-4-6-18(17)14-20/h3-8,15-16,20H,2,9-14H2,1H3,(H,27,32)(H,28,33). The van der Waals surface area contributed by atoms with Crippen molar-refractivity contribution in [2.45, 2.75) is 25.8 Å². The van der Waals surface area contributed by atoms with Crippen molar-refractivity contribution >= 4 is 11.8 Å². The largest absolute Gasteiger partial charge is 0.489 e. The van der Waals surface area contributed by atoms with E-state index in [4.69, 9.17) is 9.47 Å². The number of carbonyl (C=O) groups excluding carboxylic acids is 2. The number of carbonyl (C=O) groups is 2. The van der Waals surface area contributed by atoms with E-state index in [1.54, 1.807) is 18.2 Å². The molecule has 0 spiro atoms. The average molecular weight is 482 g/mol. The van der Waals surface area contributed by atoms with Gasteiger partial charge in [0.2, 0.25) is 0 Å². The first-order valence-electron chi connectivity index (χ1n) is 11.6. The summed E-state index contributed by atoms with van der Waals surface area (Å²) >= 11 is 0. The number of aromatic nitrogens is 3. The molecule has 35 heavy (non-hydrogen) atoms. The quantitative estimate of drug-likeness (QED) is 0.407. The van der Waals surface area contributed by atoms with Crippen LogP contribution >= 0.6 is 0 Å². The smallest absolute Gasteiger partial charge is 0.273 e. The third-order valence-electron chi connectivity index (χ3n) is 5.63. The van der Waals surface area contributed by atoms with Crippen LogP contribution in [0.4, 0.5) is 4.39 Å². The molecule has 0 fully saturated rings. The molecule has 10 heteroatoms. The van der Waals surface area contributed by atoms with Gasteiger partial charge in [0.25, 0.3) is 11.8 Å². The molecular weight excluding hydrogens is 453 g/mol. The molecule has 1 heterocycles. The summed E-state index contributed by atoms with van der Waals surface area (Å²) in [4.78, 5) is 25.1. The highest BCUT2D eigenvalue weighted by atomic mass is 19.1. The van der Waals surface area contributed by atoms with Gasteiger partial charge < -0.3 is 20.1 Å². The predicted molar refractivity (Wildman–Crippen MR) is 127 cm³/mol. The maximum Gasteiger partial charge on any atom is 0.273 e. The zero-order valence-corrected chi connectivity index (χ0v) is 19.5. The zero-order chi connectivity index (χ0) is 24.6. The lowest BCUT2D eigenvalue weighted by atomic mass is 10.1. The molecule has 1 aliphatic rings. The molecule has 0 unspecified atom stereocenters. The summed E-state index contributed by atoms with van der Waals surface area (Å²) in [5.41, 5.74) is 3.57. The van der Waals surface area contributed by atoms with Crippen LogP contribution in [-0.2, 0) is 17.6 Å². The lowest BCUT2D eigenvalue weighted by molar-refractivity contribution is 0.0894. The Hall–Kier alpha value is -3.79. The van der Waals surface area contributed by atoms with Gasteiger partial charge in [-0.25, -0.2) is 9.07 Å². The van der Waals surface area contributed by atoms with Gasteiger partial charge in [0, 0.05) is 18.2 Å². The Morgan fingerprint density at radius 3 is 2.57 bits per heavy atom. The second kappa shape index (κ2) is 11.6. The lowest BCUT2D eigenvalue weighted by Gasteiger charge is -2.13. The molecule has 184 valence electrons. The Morgan fingerprint density at radius 1 is 1.09 bits per heavy atom. The zero-order valence-electron chi connectivity index (χ0n) is 19.5. The van der Waals surface area contributed by atoms with E-state index in [0.717, 1.165) is 12.8 Å². The van der Waals surface area contributed by atoms with Crippen LogP contribution in [0.15, 0.2) is 48.7 Å². The van der Waals surface area contributed by atoms with Gasteiger partial charge in [-0.3, -0.25) is 9.59 Å². The van der Waals surface area contributed by atoms with Crippen LogP contribution < -0.4 is 15.4 Å². The molecule has 9 nitrogen and oxygen atoms in total. The number of hydrogen-bond donors (Lipinski definition) is 2. The highest BCUT2D eigenvalue weighted by Gasteiger charge is 2.24. The maximum absolute atomic E-state index is 12.8. The second-order valence-electron chi connectivity index (χ2n) is 8.09. The van der Waals surface area contributed by atoms with Crippen molar-refractivity contribution in [1.29, 1.82) is 0 Å². The third kappa shape index (κ3) is 6.02.